The van der Waals surface area contributed by atoms with Crippen LogP contribution in [-0.4, -0.2) is 21.9 Å². The van der Waals surface area contributed by atoms with Gasteiger partial charge in [-0.25, -0.2) is 0 Å². The molecule has 0 unspecified atom stereocenters. The van der Waals surface area contributed by atoms with Gasteiger partial charge in [-0.1, -0.05) is 13.3 Å². The zero-order chi connectivity index (χ0) is 14.1. The van der Waals surface area contributed by atoms with Gasteiger partial charge < -0.3 is 19.6 Å². The van der Waals surface area contributed by atoms with Crippen LogP contribution in [0.5, 0.6) is 17.4 Å². The average molecular weight is 274 g/mol. The Hall–Kier alpha value is -2.50. The van der Waals surface area contributed by atoms with E-state index in [2.05, 4.69) is 9.97 Å². The van der Waals surface area contributed by atoms with Gasteiger partial charge in [-0.05, 0) is 24.6 Å². The smallest absolute Gasteiger partial charge is 0.258 e. The number of benzene rings is 1. The molecule has 0 amide bonds. The second-order valence-corrected chi connectivity index (χ2v) is 4.53. The Bertz CT molecular complexity index is 709. The lowest BCUT2D eigenvalue weighted by Gasteiger charge is -2.06. The Balaban J connectivity index is 2.05. The van der Waals surface area contributed by atoms with Gasteiger partial charge >= 0.3 is 0 Å². The number of ether oxygens (including phenoxy) is 2. The summed E-state index contributed by atoms with van der Waals surface area (Å²) in [5.74, 6) is 1.35. The number of aromatic hydroxyl groups is 1. The first kappa shape index (κ1) is 12.5. The number of fused-ring (bicyclic) bond motifs is 1. The van der Waals surface area contributed by atoms with Crippen molar-refractivity contribution in [2.75, 3.05) is 6.79 Å². The van der Waals surface area contributed by atoms with Crippen LogP contribution in [0, 0.1) is 0 Å². The molecule has 2 aromatic rings. The topological polar surface area (TPSA) is 84.4 Å². The molecule has 2 N–H and O–H groups in total. The fourth-order valence-corrected chi connectivity index (χ4v) is 2.14. The fourth-order valence-electron chi connectivity index (χ4n) is 2.14. The predicted molar refractivity (Wildman–Crippen MR) is 72.1 cm³/mol. The molecule has 6 heteroatoms. The molecule has 0 fully saturated rings. The predicted octanol–water partition coefficient (Wildman–Crippen LogP) is 1.82. The monoisotopic (exact) mass is 274 g/mol. The van der Waals surface area contributed by atoms with Crippen LogP contribution in [0.1, 0.15) is 18.9 Å². The van der Waals surface area contributed by atoms with Gasteiger partial charge in [-0.2, -0.15) is 4.98 Å². The first-order valence-corrected chi connectivity index (χ1v) is 6.41. The van der Waals surface area contributed by atoms with Crippen LogP contribution in [0.15, 0.2) is 23.0 Å². The van der Waals surface area contributed by atoms with Crippen molar-refractivity contribution in [3.05, 3.63) is 34.1 Å². The lowest BCUT2D eigenvalue weighted by atomic mass is 10.1. The number of hydrogen-bond acceptors (Lipinski definition) is 5. The molecule has 3 rings (SSSR count). The summed E-state index contributed by atoms with van der Waals surface area (Å²) in [5.41, 5.74) is 0.661. The number of rotatable bonds is 3. The van der Waals surface area contributed by atoms with Gasteiger partial charge in [0, 0.05) is 5.56 Å². The SMILES string of the molecule is CCCc1c(O)nc(-c2ccc3c(c2)OCO3)[nH]c1=O. The Kier molecular flexibility index (Phi) is 3.06. The van der Waals surface area contributed by atoms with E-state index in [-0.39, 0.29) is 18.2 Å². The van der Waals surface area contributed by atoms with Crippen molar-refractivity contribution in [3.8, 4) is 28.8 Å². The van der Waals surface area contributed by atoms with Crippen molar-refractivity contribution in [2.24, 2.45) is 0 Å². The highest BCUT2D eigenvalue weighted by atomic mass is 16.7. The Morgan fingerprint density at radius 3 is 2.90 bits per heavy atom. The van der Waals surface area contributed by atoms with Crippen LogP contribution < -0.4 is 15.0 Å². The van der Waals surface area contributed by atoms with E-state index < -0.39 is 0 Å². The summed E-state index contributed by atoms with van der Waals surface area (Å²) < 4.78 is 10.5. The molecular formula is C14H14N2O4. The molecule has 0 spiro atoms. The van der Waals surface area contributed by atoms with Gasteiger partial charge in [0.25, 0.3) is 5.56 Å². The third-order valence-corrected chi connectivity index (χ3v) is 3.14. The van der Waals surface area contributed by atoms with E-state index in [1.807, 2.05) is 6.92 Å². The Morgan fingerprint density at radius 2 is 2.15 bits per heavy atom. The normalized spacial score (nSPS) is 12.7. The zero-order valence-corrected chi connectivity index (χ0v) is 11.0. The highest BCUT2D eigenvalue weighted by molar-refractivity contribution is 5.62. The second kappa shape index (κ2) is 4.88. The summed E-state index contributed by atoms with van der Waals surface area (Å²) in [7, 11) is 0. The van der Waals surface area contributed by atoms with Crippen LogP contribution in [0.2, 0.25) is 0 Å². The molecule has 0 radical (unpaired) electrons. The summed E-state index contributed by atoms with van der Waals surface area (Å²) in [6, 6.07) is 5.22. The maximum absolute atomic E-state index is 11.9. The Morgan fingerprint density at radius 1 is 1.35 bits per heavy atom. The molecule has 2 heterocycles. The molecule has 1 aliphatic heterocycles. The molecule has 1 aliphatic rings. The third-order valence-electron chi connectivity index (χ3n) is 3.14. The summed E-state index contributed by atoms with van der Waals surface area (Å²) in [6.45, 7) is 2.12. The van der Waals surface area contributed by atoms with Gasteiger partial charge in [0.05, 0.1) is 5.56 Å². The van der Waals surface area contributed by atoms with E-state index >= 15 is 0 Å². The van der Waals surface area contributed by atoms with E-state index in [9.17, 15) is 9.90 Å². The van der Waals surface area contributed by atoms with Crippen LogP contribution >= 0.6 is 0 Å². The summed E-state index contributed by atoms with van der Waals surface area (Å²) >= 11 is 0. The highest BCUT2D eigenvalue weighted by Gasteiger charge is 2.16. The van der Waals surface area contributed by atoms with Crippen molar-refractivity contribution in [1.82, 2.24) is 9.97 Å². The van der Waals surface area contributed by atoms with Gasteiger partial charge in [0.15, 0.2) is 11.5 Å². The zero-order valence-electron chi connectivity index (χ0n) is 11.0. The van der Waals surface area contributed by atoms with Crippen molar-refractivity contribution < 1.29 is 14.6 Å². The molecule has 104 valence electrons. The van der Waals surface area contributed by atoms with E-state index in [1.54, 1.807) is 18.2 Å². The van der Waals surface area contributed by atoms with Crippen molar-refractivity contribution in [2.45, 2.75) is 19.8 Å². The maximum atomic E-state index is 11.9. The lowest BCUT2D eigenvalue weighted by Crippen LogP contribution is -2.15. The highest BCUT2D eigenvalue weighted by Crippen LogP contribution is 2.35. The van der Waals surface area contributed by atoms with Crippen LogP contribution in [0.3, 0.4) is 0 Å². The molecule has 20 heavy (non-hydrogen) atoms. The summed E-state index contributed by atoms with van der Waals surface area (Å²) in [6.07, 6.45) is 1.26. The lowest BCUT2D eigenvalue weighted by molar-refractivity contribution is 0.174. The number of hydrogen-bond donors (Lipinski definition) is 2. The number of aromatic nitrogens is 2. The molecule has 0 aliphatic carbocycles. The minimum Gasteiger partial charge on any atom is -0.493 e. The number of aromatic amines is 1. The minimum absolute atomic E-state index is 0.184. The first-order chi connectivity index (χ1) is 9.69. The second-order valence-electron chi connectivity index (χ2n) is 4.53. The fraction of sp³-hybridized carbons (Fsp3) is 0.286. The van der Waals surface area contributed by atoms with E-state index in [4.69, 9.17) is 9.47 Å². The number of nitrogens with zero attached hydrogens (tertiary/aromatic N) is 1. The van der Waals surface area contributed by atoms with Gasteiger partial charge in [0.2, 0.25) is 12.7 Å². The van der Waals surface area contributed by atoms with Crippen LogP contribution in [-0.2, 0) is 6.42 Å². The van der Waals surface area contributed by atoms with Crippen molar-refractivity contribution in [1.29, 1.82) is 0 Å². The number of nitrogens with one attached hydrogen (secondary N) is 1. The molecule has 1 aromatic carbocycles. The Labute approximate surface area is 115 Å². The van der Waals surface area contributed by atoms with Crippen LogP contribution in [0.25, 0.3) is 11.4 Å². The molecule has 0 bridgehead atoms. The minimum atomic E-state index is -0.313. The standard InChI is InChI=1S/C14H14N2O4/c1-2-3-9-13(17)15-12(16-14(9)18)8-4-5-10-11(6-8)20-7-19-10/h4-6H,2-3,7H2,1H3,(H2,15,16,17,18). The van der Waals surface area contributed by atoms with E-state index in [0.717, 1.165) is 6.42 Å². The summed E-state index contributed by atoms with van der Waals surface area (Å²) in [4.78, 5) is 18.7. The number of H-pyrrole nitrogens is 1. The summed E-state index contributed by atoms with van der Waals surface area (Å²) in [5, 5.41) is 9.87. The van der Waals surface area contributed by atoms with Gasteiger partial charge in [0.1, 0.15) is 5.82 Å². The third kappa shape index (κ3) is 2.09. The van der Waals surface area contributed by atoms with Gasteiger partial charge in [-0.15, -0.1) is 0 Å². The molecular weight excluding hydrogens is 260 g/mol. The van der Waals surface area contributed by atoms with Gasteiger partial charge in [-0.3, -0.25) is 4.79 Å². The van der Waals surface area contributed by atoms with Crippen molar-refractivity contribution in [3.63, 3.8) is 0 Å². The van der Waals surface area contributed by atoms with Crippen LogP contribution in [0.4, 0.5) is 0 Å². The quantitative estimate of drug-likeness (QED) is 0.891. The molecule has 6 nitrogen and oxygen atoms in total. The molecule has 0 saturated heterocycles. The van der Waals surface area contributed by atoms with E-state index in [0.29, 0.717) is 34.9 Å². The van der Waals surface area contributed by atoms with Crippen molar-refractivity contribution >= 4 is 0 Å². The first-order valence-electron chi connectivity index (χ1n) is 6.41. The molecule has 0 atom stereocenters. The molecule has 1 aromatic heterocycles. The molecule has 0 saturated carbocycles. The van der Waals surface area contributed by atoms with E-state index in [1.165, 1.54) is 0 Å². The maximum Gasteiger partial charge on any atom is 0.258 e. The average Bonchev–Trinajstić information content (AvgIpc) is 2.90. The largest absolute Gasteiger partial charge is 0.493 e.